The number of aromatic nitrogens is 3. The van der Waals surface area contributed by atoms with Crippen molar-refractivity contribution in [2.45, 2.75) is 51.6 Å². The highest BCUT2D eigenvalue weighted by Gasteiger charge is 2.34. The summed E-state index contributed by atoms with van der Waals surface area (Å²) in [6, 6.07) is 3.60. The van der Waals surface area contributed by atoms with Crippen LogP contribution in [0.25, 0.3) is 5.57 Å². The van der Waals surface area contributed by atoms with Gasteiger partial charge in [-0.05, 0) is 42.4 Å². The number of rotatable bonds is 4. The van der Waals surface area contributed by atoms with Gasteiger partial charge in [-0.25, -0.2) is 9.97 Å². The number of hydrogen-bond acceptors (Lipinski definition) is 5. The molecule has 2 aromatic heterocycles. The fourth-order valence-electron chi connectivity index (χ4n) is 4.01. The number of imidazole rings is 1. The number of H-pyrrole nitrogens is 1. The molecule has 0 spiro atoms. The van der Waals surface area contributed by atoms with Gasteiger partial charge in [0.25, 0.3) is 5.91 Å². The summed E-state index contributed by atoms with van der Waals surface area (Å²) in [6.07, 6.45) is 12.8. The number of carbonyl (C=O) groups excluding carboxylic acids is 1. The maximum absolute atomic E-state index is 12.7. The van der Waals surface area contributed by atoms with E-state index in [2.05, 4.69) is 41.1 Å². The molecule has 1 aliphatic heterocycles. The maximum atomic E-state index is 12.7. The van der Waals surface area contributed by atoms with Crippen LogP contribution in [0.3, 0.4) is 0 Å². The third-order valence-electron chi connectivity index (χ3n) is 6.16. The van der Waals surface area contributed by atoms with Crippen LogP contribution in [-0.2, 0) is 10.3 Å². The lowest BCUT2D eigenvalue weighted by atomic mass is 9.77. The summed E-state index contributed by atoms with van der Waals surface area (Å²) in [5, 5.41) is 14.1. The second-order valence-electron chi connectivity index (χ2n) is 9.08. The standard InChI is InChI=1S/C24H28N4O3/c1-4-17-15-25-21(26-17)22(29)27-18-5-6-19(24(30)11-13-31-14-12-24)28-20(18)16-7-9-23(2,3)10-8-16/h1,5-7,15,30H,8-14H2,2-3H3,(H,25,26)(H,27,29). The monoisotopic (exact) mass is 420 g/mol. The van der Waals surface area contributed by atoms with Crippen molar-refractivity contribution in [2.75, 3.05) is 18.5 Å². The summed E-state index contributed by atoms with van der Waals surface area (Å²) >= 11 is 0. The van der Waals surface area contributed by atoms with Gasteiger partial charge in [0, 0.05) is 26.1 Å². The van der Waals surface area contributed by atoms with Crippen molar-refractivity contribution in [1.82, 2.24) is 15.0 Å². The van der Waals surface area contributed by atoms with Crippen molar-refractivity contribution in [3.05, 3.63) is 47.3 Å². The number of amides is 1. The average Bonchev–Trinajstić information content (AvgIpc) is 3.24. The summed E-state index contributed by atoms with van der Waals surface area (Å²) in [5.74, 6) is 2.18. The van der Waals surface area contributed by atoms with E-state index >= 15 is 0 Å². The smallest absolute Gasteiger partial charge is 0.291 e. The molecule has 162 valence electrons. The van der Waals surface area contributed by atoms with Gasteiger partial charge < -0.3 is 20.1 Å². The molecule has 3 N–H and O–H groups in total. The molecule has 0 unspecified atom stereocenters. The Morgan fingerprint density at radius 1 is 1.29 bits per heavy atom. The number of pyridine rings is 1. The van der Waals surface area contributed by atoms with Crippen LogP contribution in [0, 0.1) is 17.8 Å². The minimum Gasteiger partial charge on any atom is -0.383 e. The molecule has 1 aliphatic carbocycles. The third kappa shape index (κ3) is 4.55. The topological polar surface area (TPSA) is 100 Å². The molecular weight excluding hydrogens is 392 g/mol. The molecule has 1 fully saturated rings. The number of hydrogen-bond donors (Lipinski definition) is 3. The van der Waals surface area contributed by atoms with E-state index in [-0.39, 0.29) is 17.1 Å². The highest BCUT2D eigenvalue weighted by Crippen LogP contribution is 2.40. The van der Waals surface area contributed by atoms with Crippen LogP contribution in [0.15, 0.2) is 24.4 Å². The number of aromatic amines is 1. The lowest BCUT2D eigenvalue weighted by Crippen LogP contribution is -2.34. The lowest BCUT2D eigenvalue weighted by Gasteiger charge is -2.33. The highest BCUT2D eigenvalue weighted by atomic mass is 16.5. The van der Waals surface area contributed by atoms with Crippen molar-refractivity contribution in [3.63, 3.8) is 0 Å². The Hall–Kier alpha value is -2.95. The SMILES string of the molecule is C#Cc1cnc(C(=O)Nc2ccc(C3(O)CCOCC3)nc2C2=CCC(C)(C)CC2)[nH]1. The van der Waals surface area contributed by atoms with Crippen molar-refractivity contribution >= 4 is 17.2 Å². The molecule has 0 radical (unpaired) electrons. The Morgan fingerprint density at radius 2 is 2.06 bits per heavy atom. The Balaban J connectivity index is 1.69. The van der Waals surface area contributed by atoms with E-state index in [1.807, 2.05) is 6.07 Å². The summed E-state index contributed by atoms with van der Waals surface area (Å²) in [7, 11) is 0. The Labute approximate surface area is 182 Å². The molecule has 7 nitrogen and oxygen atoms in total. The van der Waals surface area contributed by atoms with E-state index < -0.39 is 5.60 Å². The molecule has 2 aliphatic rings. The summed E-state index contributed by atoms with van der Waals surface area (Å²) in [6.45, 7) is 5.49. The van der Waals surface area contributed by atoms with Crippen LogP contribution in [0.5, 0.6) is 0 Å². The molecule has 4 rings (SSSR count). The van der Waals surface area contributed by atoms with E-state index in [0.717, 1.165) is 24.8 Å². The van der Waals surface area contributed by atoms with Crippen molar-refractivity contribution in [1.29, 1.82) is 0 Å². The van der Waals surface area contributed by atoms with E-state index in [9.17, 15) is 9.90 Å². The van der Waals surface area contributed by atoms with E-state index in [0.29, 0.717) is 48.8 Å². The first-order valence-electron chi connectivity index (χ1n) is 10.6. The van der Waals surface area contributed by atoms with Gasteiger partial charge in [-0.1, -0.05) is 25.8 Å². The molecule has 0 saturated carbocycles. The predicted molar refractivity (Wildman–Crippen MR) is 118 cm³/mol. The van der Waals surface area contributed by atoms with Crippen LogP contribution < -0.4 is 5.32 Å². The first-order chi connectivity index (χ1) is 14.8. The molecular formula is C24H28N4O3. The van der Waals surface area contributed by atoms with Crippen LogP contribution >= 0.6 is 0 Å². The number of allylic oxidation sites excluding steroid dienone is 2. The molecule has 1 amide bonds. The number of carbonyl (C=O) groups is 1. The second kappa shape index (κ2) is 8.29. The summed E-state index contributed by atoms with van der Waals surface area (Å²) < 4.78 is 5.41. The van der Waals surface area contributed by atoms with Crippen molar-refractivity contribution in [3.8, 4) is 12.3 Å². The van der Waals surface area contributed by atoms with Gasteiger partial charge in [0.1, 0.15) is 11.3 Å². The summed E-state index contributed by atoms with van der Waals surface area (Å²) in [5.41, 5.74) is 2.64. The molecule has 7 heteroatoms. The van der Waals surface area contributed by atoms with Crippen LogP contribution in [0.4, 0.5) is 5.69 Å². The number of anilines is 1. The van der Waals surface area contributed by atoms with E-state index in [4.69, 9.17) is 16.1 Å². The lowest BCUT2D eigenvalue weighted by molar-refractivity contribution is -0.0705. The predicted octanol–water partition coefficient (Wildman–Crippen LogP) is 3.63. The zero-order valence-corrected chi connectivity index (χ0v) is 18.0. The largest absolute Gasteiger partial charge is 0.383 e. The van der Waals surface area contributed by atoms with Gasteiger partial charge in [-0.15, -0.1) is 6.42 Å². The molecule has 0 atom stereocenters. The highest BCUT2D eigenvalue weighted by molar-refractivity contribution is 6.03. The molecule has 31 heavy (non-hydrogen) atoms. The minimum atomic E-state index is -1.02. The number of nitrogens with zero attached hydrogens (tertiary/aromatic N) is 2. The van der Waals surface area contributed by atoms with Gasteiger partial charge in [-0.3, -0.25) is 4.79 Å². The number of ether oxygens (including phenoxy) is 1. The third-order valence-corrected chi connectivity index (χ3v) is 6.16. The molecule has 0 aromatic carbocycles. The normalized spacial score (nSPS) is 19.9. The van der Waals surface area contributed by atoms with Crippen molar-refractivity contribution in [2.24, 2.45) is 5.41 Å². The average molecular weight is 421 g/mol. The van der Waals surface area contributed by atoms with E-state index in [1.54, 1.807) is 6.07 Å². The van der Waals surface area contributed by atoms with Gasteiger partial charge in [0.05, 0.1) is 23.3 Å². The quantitative estimate of drug-likeness (QED) is 0.656. The number of terminal acetylenes is 1. The molecule has 3 heterocycles. The fourth-order valence-corrected chi connectivity index (χ4v) is 4.01. The van der Waals surface area contributed by atoms with Gasteiger partial charge >= 0.3 is 0 Å². The molecule has 2 aromatic rings. The zero-order valence-electron chi connectivity index (χ0n) is 18.0. The van der Waals surface area contributed by atoms with E-state index in [1.165, 1.54) is 6.20 Å². The molecule has 0 bridgehead atoms. The Bertz CT molecular complexity index is 1060. The first kappa shape index (κ1) is 21.3. The number of aliphatic hydroxyl groups is 1. The zero-order chi connectivity index (χ0) is 22.1. The van der Waals surface area contributed by atoms with Gasteiger partial charge in [0.2, 0.25) is 0 Å². The number of nitrogens with one attached hydrogen (secondary N) is 2. The maximum Gasteiger partial charge on any atom is 0.291 e. The molecule has 1 saturated heterocycles. The van der Waals surface area contributed by atoms with Crippen LogP contribution in [0.2, 0.25) is 0 Å². The van der Waals surface area contributed by atoms with Gasteiger partial charge in [0.15, 0.2) is 5.82 Å². The summed E-state index contributed by atoms with van der Waals surface area (Å²) in [4.78, 5) is 24.5. The minimum absolute atomic E-state index is 0.143. The second-order valence-corrected chi connectivity index (χ2v) is 9.08. The fraction of sp³-hybridized carbons (Fsp3) is 0.458. The van der Waals surface area contributed by atoms with Crippen LogP contribution in [-0.4, -0.2) is 39.2 Å². The Morgan fingerprint density at radius 3 is 2.71 bits per heavy atom. The van der Waals surface area contributed by atoms with Crippen molar-refractivity contribution < 1.29 is 14.6 Å². The first-order valence-corrected chi connectivity index (χ1v) is 10.6. The van der Waals surface area contributed by atoms with Crippen LogP contribution in [0.1, 0.15) is 73.7 Å². The Kier molecular flexibility index (Phi) is 5.69. The van der Waals surface area contributed by atoms with Gasteiger partial charge in [-0.2, -0.15) is 0 Å².